The van der Waals surface area contributed by atoms with Crippen LogP contribution >= 0.6 is 11.8 Å². The molecule has 0 aliphatic rings. The molecule has 0 bridgehead atoms. The van der Waals surface area contributed by atoms with E-state index in [1.165, 1.54) is 4.90 Å². The Kier molecular flexibility index (Phi) is 6.21. The van der Waals surface area contributed by atoms with Crippen LogP contribution in [0, 0.1) is 11.8 Å². The highest BCUT2D eigenvalue weighted by molar-refractivity contribution is 7.98. The maximum atomic E-state index is 8.77. The van der Waals surface area contributed by atoms with E-state index in [0.717, 1.165) is 22.6 Å². The summed E-state index contributed by atoms with van der Waals surface area (Å²) in [5.74, 6) is 7.72. The number of methoxy groups -OCH3 is 1. The summed E-state index contributed by atoms with van der Waals surface area (Å²) in [6, 6.07) is 16.2. The molecule has 21 heavy (non-hydrogen) atoms. The number of rotatable bonds is 5. The van der Waals surface area contributed by atoms with Gasteiger partial charge in [0.25, 0.3) is 0 Å². The van der Waals surface area contributed by atoms with Crippen LogP contribution < -0.4 is 4.74 Å². The molecule has 0 heterocycles. The van der Waals surface area contributed by atoms with Crippen LogP contribution in [0.2, 0.25) is 0 Å². The van der Waals surface area contributed by atoms with Crippen molar-refractivity contribution in [2.24, 2.45) is 0 Å². The molecule has 0 radical (unpaired) electrons. The fourth-order valence-electron chi connectivity index (χ4n) is 1.87. The molecule has 0 spiro atoms. The molecule has 0 aliphatic heterocycles. The van der Waals surface area contributed by atoms with Gasteiger partial charge < -0.3 is 9.84 Å². The van der Waals surface area contributed by atoms with Crippen molar-refractivity contribution in [1.29, 1.82) is 0 Å². The van der Waals surface area contributed by atoms with Gasteiger partial charge in [-0.2, -0.15) is 0 Å². The van der Waals surface area contributed by atoms with E-state index < -0.39 is 0 Å². The Morgan fingerprint density at radius 3 is 2.67 bits per heavy atom. The van der Waals surface area contributed by atoms with E-state index in [1.807, 2.05) is 30.3 Å². The van der Waals surface area contributed by atoms with Crippen LogP contribution in [0.1, 0.15) is 17.5 Å². The monoisotopic (exact) mass is 298 g/mol. The minimum absolute atomic E-state index is 0.0971. The highest BCUT2D eigenvalue weighted by atomic mass is 32.2. The zero-order valence-electron chi connectivity index (χ0n) is 12.0. The zero-order valence-corrected chi connectivity index (χ0v) is 12.8. The standard InChI is InChI=1S/C18H18O2S/c1-20-18-11-10-15(7-5-6-12-19)13-16(18)14-21-17-8-3-2-4-9-17/h2-4,8-11,13,19H,6,12,14H2,1H3. The van der Waals surface area contributed by atoms with E-state index in [4.69, 9.17) is 9.84 Å². The molecular weight excluding hydrogens is 280 g/mol. The third kappa shape index (κ3) is 4.86. The van der Waals surface area contributed by atoms with Gasteiger partial charge >= 0.3 is 0 Å². The summed E-state index contributed by atoms with van der Waals surface area (Å²) in [6.07, 6.45) is 0.500. The Morgan fingerprint density at radius 1 is 1.14 bits per heavy atom. The number of ether oxygens (including phenoxy) is 1. The van der Waals surface area contributed by atoms with E-state index >= 15 is 0 Å². The van der Waals surface area contributed by atoms with Gasteiger partial charge in [-0.1, -0.05) is 30.0 Å². The summed E-state index contributed by atoms with van der Waals surface area (Å²) in [7, 11) is 1.68. The zero-order chi connectivity index (χ0) is 14.9. The average molecular weight is 298 g/mol. The Balaban J connectivity index is 2.13. The van der Waals surface area contributed by atoms with Crippen LogP contribution in [0.15, 0.2) is 53.4 Å². The predicted molar refractivity (Wildman–Crippen MR) is 87.6 cm³/mol. The van der Waals surface area contributed by atoms with Crippen molar-refractivity contribution in [3.05, 3.63) is 59.7 Å². The highest BCUT2D eigenvalue weighted by Gasteiger charge is 2.04. The second-order valence-electron chi connectivity index (χ2n) is 4.40. The van der Waals surface area contributed by atoms with Crippen molar-refractivity contribution in [1.82, 2.24) is 0 Å². The first-order chi connectivity index (χ1) is 10.3. The largest absolute Gasteiger partial charge is 0.496 e. The Labute approximate surface area is 130 Å². The van der Waals surface area contributed by atoms with Gasteiger partial charge in [0.2, 0.25) is 0 Å². The van der Waals surface area contributed by atoms with Crippen LogP contribution in [-0.4, -0.2) is 18.8 Å². The molecule has 2 aromatic rings. The van der Waals surface area contributed by atoms with E-state index in [2.05, 4.69) is 30.0 Å². The predicted octanol–water partition coefficient (Wildman–Crippen LogP) is 3.72. The summed E-state index contributed by atoms with van der Waals surface area (Å²) in [5.41, 5.74) is 2.08. The number of hydrogen-bond donors (Lipinski definition) is 1. The van der Waals surface area contributed by atoms with E-state index in [9.17, 15) is 0 Å². The quantitative estimate of drug-likeness (QED) is 0.674. The van der Waals surface area contributed by atoms with Crippen molar-refractivity contribution in [2.45, 2.75) is 17.1 Å². The number of aliphatic hydroxyl groups excluding tert-OH is 1. The average Bonchev–Trinajstić information content (AvgIpc) is 2.54. The van der Waals surface area contributed by atoms with E-state index in [1.54, 1.807) is 18.9 Å². The fourth-order valence-corrected chi connectivity index (χ4v) is 2.76. The number of hydrogen-bond acceptors (Lipinski definition) is 3. The van der Waals surface area contributed by atoms with Crippen molar-refractivity contribution in [3.8, 4) is 17.6 Å². The van der Waals surface area contributed by atoms with Crippen molar-refractivity contribution < 1.29 is 9.84 Å². The second kappa shape index (κ2) is 8.41. The first-order valence-corrected chi connectivity index (χ1v) is 7.76. The smallest absolute Gasteiger partial charge is 0.122 e. The fraction of sp³-hybridized carbons (Fsp3) is 0.222. The third-order valence-electron chi connectivity index (χ3n) is 2.89. The molecule has 0 unspecified atom stereocenters. The number of aliphatic hydroxyl groups is 1. The molecule has 3 heteroatoms. The summed E-state index contributed by atoms with van der Waals surface area (Å²) < 4.78 is 5.41. The van der Waals surface area contributed by atoms with Crippen LogP contribution in [0.4, 0.5) is 0 Å². The van der Waals surface area contributed by atoms with E-state index in [0.29, 0.717) is 6.42 Å². The third-order valence-corrected chi connectivity index (χ3v) is 3.95. The molecule has 0 saturated heterocycles. The molecule has 108 valence electrons. The maximum absolute atomic E-state index is 8.77. The number of thioether (sulfide) groups is 1. The Hall–Kier alpha value is -1.89. The minimum Gasteiger partial charge on any atom is -0.496 e. The number of benzene rings is 2. The molecule has 0 saturated carbocycles. The van der Waals surface area contributed by atoms with Gasteiger partial charge in [-0.25, -0.2) is 0 Å². The van der Waals surface area contributed by atoms with Gasteiger partial charge in [-0.05, 0) is 30.3 Å². The molecule has 2 rings (SSSR count). The van der Waals surface area contributed by atoms with Crippen LogP contribution in [0.25, 0.3) is 0 Å². The van der Waals surface area contributed by atoms with Crippen molar-refractivity contribution in [3.63, 3.8) is 0 Å². The van der Waals surface area contributed by atoms with Gasteiger partial charge in [-0.3, -0.25) is 0 Å². The molecule has 0 atom stereocenters. The SMILES string of the molecule is COc1ccc(C#CCCO)cc1CSc1ccccc1. The van der Waals surface area contributed by atoms with Gasteiger partial charge in [0.1, 0.15) is 5.75 Å². The van der Waals surface area contributed by atoms with E-state index in [-0.39, 0.29) is 6.61 Å². The Morgan fingerprint density at radius 2 is 1.95 bits per heavy atom. The molecule has 0 aromatic heterocycles. The van der Waals surface area contributed by atoms with Crippen molar-refractivity contribution >= 4 is 11.8 Å². The van der Waals surface area contributed by atoms with Gasteiger partial charge in [-0.15, -0.1) is 11.8 Å². The first kappa shape index (κ1) is 15.5. The van der Waals surface area contributed by atoms with Crippen molar-refractivity contribution in [2.75, 3.05) is 13.7 Å². The Bertz CT molecular complexity index is 627. The summed E-state index contributed by atoms with van der Waals surface area (Å²) in [4.78, 5) is 1.23. The molecule has 2 aromatic carbocycles. The lowest BCUT2D eigenvalue weighted by Crippen LogP contribution is -1.91. The topological polar surface area (TPSA) is 29.5 Å². The van der Waals surface area contributed by atoms with Crippen LogP contribution in [0.3, 0.4) is 0 Å². The summed E-state index contributed by atoms with van der Waals surface area (Å²) in [5, 5.41) is 8.77. The van der Waals surface area contributed by atoms with Gasteiger partial charge in [0.15, 0.2) is 0 Å². The van der Waals surface area contributed by atoms with Crippen LogP contribution in [0.5, 0.6) is 5.75 Å². The maximum Gasteiger partial charge on any atom is 0.122 e. The lowest BCUT2D eigenvalue weighted by molar-refractivity contribution is 0.305. The van der Waals surface area contributed by atoms with Gasteiger partial charge in [0, 0.05) is 28.2 Å². The molecule has 0 amide bonds. The lowest BCUT2D eigenvalue weighted by atomic mass is 10.1. The lowest BCUT2D eigenvalue weighted by Gasteiger charge is -2.09. The summed E-state index contributed by atoms with van der Waals surface area (Å²) >= 11 is 1.77. The highest BCUT2D eigenvalue weighted by Crippen LogP contribution is 2.28. The van der Waals surface area contributed by atoms with Gasteiger partial charge in [0.05, 0.1) is 13.7 Å². The second-order valence-corrected chi connectivity index (χ2v) is 5.45. The first-order valence-electron chi connectivity index (χ1n) is 6.78. The molecule has 0 fully saturated rings. The molecule has 1 N–H and O–H groups in total. The molecular formula is C18H18O2S. The van der Waals surface area contributed by atoms with Crippen LogP contribution in [-0.2, 0) is 5.75 Å². The molecule has 0 aliphatic carbocycles. The minimum atomic E-state index is 0.0971. The normalized spacial score (nSPS) is 9.81. The molecule has 2 nitrogen and oxygen atoms in total. The summed E-state index contributed by atoms with van der Waals surface area (Å²) in [6.45, 7) is 0.0971.